The molecular formula is C23H25N5O6. The van der Waals surface area contributed by atoms with Crippen molar-refractivity contribution >= 4 is 22.6 Å². The Labute approximate surface area is 194 Å². The van der Waals surface area contributed by atoms with E-state index in [1.165, 1.54) is 16.8 Å². The molecule has 3 heterocycles. The van der Waals surface area contributed by atoms with E-state index >= 15 is 0 Å². The second-order valence-corrected chi connectivity index (χ2v) is 8.06. The van der Waals surface area contributed by atoms with Crippen LogP contribution in [0.3, 0.4) is 0 Å². The monoisotopic (exact) mass is 467 g/mol. The number of hydrogen-bond acceptors (Lipinski definition) is 7. The van der Waals surface area contributed by atoms with Crippen molar-refractivity contribution in [3.05, 3.63) is 64.0 Å². The number of nitro groups is 1. The molecule has 0 spiro atoms. The largest absolute Gasteiger partial charge is 0.394 e. The summed E-state index contributed by atoms with van der Waals surface area (Å²) in [5.74, 6) is 4.95. The summed E-state index contributed by atoms with van der Waals surface area (Å²) in [6, 6.07) is 8.29. The van der Waals surface area contributed by atoms with Gasteiger partial charge in [0.05, 0.1) is 36.9 Å². The number of benzene rings is 1. The molecule has 1 aromatic carbocycles. The van der Waals surface area contributed by atoms with Gasteiger partial charge in [-0.2, -0.15) is 0 Å². The molecule has 0 saturated carbocycles. The minimum absolute atomic E-state index is 0.0185. The molecule has 0 aliphatic carbocycles. The Morgan fingerprint density at radius 1 is 1.44 bits per heavy atom. The molecule has 11 heteroatoms. The lowest BCUT2D eigenvalue weighted by atomic mass is 10.1. The molecule has 1 aliphatic heterocycles. The third-order valence-electron chi connectivity index (χ3n) is 5.74. The van der Waals surface area contributed by atoms with Gasteiger partial charge in [-0.15, -0.1) is 0 Å². The lowest BCUT2D eigenvalue weighted by Gasteiger charge is -2.10. The first-order valence-corrected chi connectivity index (χ1v) is 10.7. The maximum absolute atomic E-state index is 12.4. The van der Waals surface area contributed by atoms with Crippen LogP contribution in [-0.4, -0.2) is 62.0 Å². The number of para-hydroxylation sites is 1. The second kappa shape index (κ2) is 10.1. The van der Waals surface area contributed by atoms with Gasteiger partial charge < -0.3 is 41.1 Å². The van der Waals surface area contributed by atoms with Crippen LogP contribution in [0, 0.1) is 22.0 Å². The smallest absolute Gasteiger partial charge is 0.326 e. The van der Waals surface area contributed by atoms with Crippen molar-refractivity contribution in [1.29, 1.82) is 0 Å². The van der Waals surface area contributed by atoms with Gasteiger partial charge in [-0.25, -0.2) is 4.57 Å². The van der Waals surface area contributed by atoms with E-state index in [2.05, 4.69) is 22.1 Å². The molecule has 3 aromatic rings. The predicted octanol–water partition coefficient (Wildman–Crippen LogP) is 0.556. The minimum atomic E-state index is -0.921. The number of carbonyl (C=O) groups excluding carboxylic acids is 1. The van der Waals surface area contributed by atoms with E-state index in [-0.39, 0.29) is 31.3 Å². The molecule has 1 saturated heterocycles. The number of aromatic nitrogens is 2. The molecule has 11 nitrogen and oxygen atoms in total. The fraction of sp³-hybridized carbons (Fsp3) is 0.348. The van der Waals surface area contributed by atoms with Gasteiger partial charge in [0.25, 0.3) is 0 Å². The predicted molar refractivity (Wildman–Crippen MR) is 123 cm³/mol. The Balaban J connectivity index is 1.36. The summed E-state index contributed by atoms with van der Waals surface area (Å²) in [4.78, 5) is 26.4. The highest BCUT2D eigenvalue weighted by molar-refractivity contribution is 5.86. The van der Waals surface area contributed by atoms with E-state index in [1.807, 2.05) is 30.5 Å². The SMILES string of the molecule is N[C@@H](Cc1c[nH]c2ccccc12)C(=O)NCC#Cc1cc([N+](=O)[O-])n([C@H]2C[C@H](O)[C@@H](CO)O2)c1. The summed E-state index contributed by atoms with van der Waals surface area (Å²) < 4.78 is 6.78. The molecule has 6 N–H and O–H groups in total. The number of H-pyrrole nitrogens is 1. The fourth-order valence-corrected chi connectivity index (χ4v) is 4.00. The number of amides is 1. The number of aliphatic hydroxyl groups is 2. The van der Waals surface area contributed by atoms with Crippen molar-refractivity contribution in [2.24, 2.45) is 5.73 Å². The van der Waals surface area contributed by atoms with Gasteiger partial charge in [0.1, 0.15) is 12.3 Å². The number of nitrogens with one attached hydrogen (secondary N) is 2. The number of hydrogen-bond donors (Lipinski definition) is 5. The Kier molecular flexibility index (Phi) is 6.95. The molecule has 2 aromatic heterocycles. The fourth-order valence-electron chi connectivity index (χ4n) is 4.00. The van der Waals surface area contributed by atoms with Crippen LogP contribution in [0.15, 0.2) is 42.7 Å². The number of nitrogens with zero attached hydrogens (tertiary/aromatic N) is 2. The van der Waals surface area contributed by atoms with Crippen molar-refractivity contribution in [1.82, 2.24) is 14.9 Å². The number of aliphatic hydroxyl groups excluding tert-OH is 2. The second-order valence-electron chi connectivity index (χ2n) is 8.06. The van der Waals surface area contributed by atoms with E-state index in [9.17, 15) is 25.1 Å². The molecule has 178 valence electrons. The van der Waals surface area contributed by atoms with Crippen LogP contribution >= 0.6 is 0 Å². The van der Waals surface area contributed by atoms with Crippen molar-refractivity contribution < 1.29 is 24.7 Å². The Hall–Kier alpha value is -3.69. The third kappa shape index (κ3) is 4.95. The first kappa shape index (κ1) is 23.5. The molecule has 4 rings (SSSR count). The number of carbonyl (C=O) groups is 1. The Morgan fingerprint density at radius 3 is 2.97 bits per heavy atom. The molecule has 0 bridgehead atoms. The summed E-state index contributed by atoms with van der Waals surface area (Å²) >= 11 is 0. The zero-order valence-electron chi connectivity index (χ0n) is 18.2. The van der Waals surface area contributed by atoms with Gasteiger partial charge in [0, 0.05) is 23.5 Å². The molecule has 4 atom stereocenters. The third-order valence-corrected chi connectivity index (χ3v) is 5.74. The van der Waals surface area contributed by atoms with Crippen LogP contribution < -0.4 is 11.1 Å². The maximum atomic E-state index is 12.4. The normalized spacial score (nSPS) is 20.6. The summed E-state index contributed by atoms with van der Waals surface area (Å²) in [6.07, 6.45) is 1.25. The standard InChI is InChI=1S/C23H25N5O6/c24-17(9-15-11-26-18-6-2-1-5-16(15)18)23(31)25-7-3-4-14-8-21(28(32)33)27(12-14)22-10-19(30)20(13-29)34-22/h1-2,5-6,8,11-12,17,19-20,22,26,29-30H,7,9-10,13,24H2,(H,25,31)/t17-,19-,20+,22+/m0/s1. The highest BCUT2D eigenvalue weighted by atomic mass is 16.6. The van der Waals surface area contributed by atoms with Gasteiger partial charge in [0.15, 0.2) is 0 Å². The van der Waals surface area contributed by atoms with E-state index in [0.717, 1.165) is 16.5 Å². The quantitative estimate of drug-likeness (QED) is 0.192. The van der Waals surface area contributed by atoms with E-state index < -0.39 is 29.4 Å². The first-order valence-electron chi connectivity index (χ1n) is 10.7. The molecule has 1 fully saturated rings. The summed E-state index contributed by atoms with van der Waals surface area (Å²) in [5, 5.41) is 34.2. The number of rotatable bonds is 7. The number of fused-ring (bicyclic) bond motifs is 1. The first-order chi connectivity index (χ1) is 16.4. The number of nitrogens with two attached hydrogens (primary N) is 1. The van der Waals surface area contributed by atoms with Gasteiger partial charge >= 0.3 is 5.82 Å². The van der Waals surface area contributed by atoms with Gasteiger partial charge in [-0.05, 0) is 23.0 Å². The van der Waals surface area contributed by atoms with Crippen LogP contribution in [0.1, 0.15) is 23.8 Å². The van der Waals surface area contributed by atoms with Crippen molar-refractivity contribution in [3.8, 4) is 11.8 Å². The van der Waals surface area contributed by atoms with Gasteiger partial charge in [-0.1, -0.05) is 30.0 Å². The van der Waals surface area contributed by atoms with Crippen molar-refractivity contribution in [2.45, 2.75) is 37.3 Å². The van der Waals surface area contributed by atoms with E-state index in [1.54, 1.807) is 0 Å². The average Bonchev–Trinajstić information content (AvgIpc) is 3.53. The van der Waals surface area contributed by atoms with Gasteiger partial charge in [-0.3, -0.25) is 4.79 Å². The average molecular weight is 467 g/mol. The van der Waals surface area contributed by atoms with Crippen molar-refractivity contribution in [2.75, 3.05) is 13.2 Å². The zero-order valence-corrected chi connectivity index (χ0v) is 18.2. The highest BCUT2D eigenvalue weighted by Crippen LogP contribution is 2.33. The van der Waals surface area contributed by atoms with Crippen molar-refractivity contribution in [3.63, 3.8) is 0 Å². The van der Waals surface area contributed by atoms with Crippen LogP contribution in [0.2, 0.25) is 0 Å². The number of ether oxygens (including phenoxy) is 1. The maximum Gasteiger partial charge on any atom is 0.326 e. The van der Waals surface area contributed by atoms with E-state index in [4.69, 9.17) is 10.5 Å². The lowest BCUT2D eigenvalue weighted by Crippen LogP contribution is -2.42. The van der Waals surface area contributed by atoms with Crippen LogP contribution in [0.4, 0.5) is 5.82 Å². The molecule has 0 unspecified atom stereocenters. The zero-order chi connectivity index (χ0) is 24.2. The topological polar surface area (TPSA) is 169 Å². The summed E-state index contributed by atoms with van der Waals surface area (Å²) in [5.41, 5.74) is 8.32. The molecule has 0 radical (unpaired) electrons. The summed E-state index contributed by atoms with van der Waals surface area (Å²) in [6.45, 7) is -0.369. The van der Waals surface area contributed by atoms with Gasteiger partial charge in [0.2, 0.25) is 12.1 Å². The Bertz CT molecular complexity index is 1260. The van der Waals surface area contributed by atoms with E-state index in [0.29, 0.717) is 12.0 Å². The van der Waals surface area contributed by atoms with Crippen LogP contribution in [0.25, 0.3) is 10.9 Å². The molecule has 1 aliphatic rings. The lowest BCUT2D eigenvalue weighted by molar-refractivity contribution is -0.393. The minimum Gasteiger partial charge on any atom is -0.394 e. The molecule has 1 amide bonds. The Morgan fingerprint density at radius 2 is 2.24 bits per heavy atom. The van der Waals surface area contributed by atoms with Crippen LogP contribution in [-0.2, 0) is 16.0 Å². The number of aromatic amines is 1. The van der Waals surface area contributed by atoms with Crippen LogP contribution in [0.5, 0.6) is 0 Å². The molecular weight excluding hydrogens is 442 g/mol. The summed E-state index contributed by atoms with van der Waals surface area (Å²) in [7, 11) is 0. The molecule has 34 heavy (non-hydrogen) atoms. The highest BCUT2D eigenvalue weighted by Gasteiger charge is 2.39.